The van der Waals surface area contributed by atoms with Crippen molar-refractivity contribution in [2.45, 2.75) is 12.2 Å². The number of quaternary nitrogens is 1. The minimum atomic E-state index is -4.53. The average Bonchev–Trinajstić information content (AvgIpc) is 2.35. The average molecular weight is 331 g/mol. The maximum absolute atomic E-state index is 11.6. The number of hydrogen-bond acceptors (Lipinski definition) is 8. The van der Waals surface area contributed by atoms with Crippen molar-refractivity contribution >= 4 is 7.82 Å². The van der Waals surface area contributed by atoms with Crippen LogP contribution >= 0.6 is 7.82 Å². The summed E-state index contributed by atoms with van der Waals surface area (Å²) in [6.45, 7) is -1.07. The number of hydrogen-bond donors (Lipinski definition) is 3. The number of rotatable bonds is 12. The number of phosphoric acid groups is 1. The zero-order valence-electron chi connectivity index (χ0n) is 12.7. The van der Waals surface area contributed by atoms with Crippen LogP contribution < -0.4 is 4.89 Å². The van der Waals surface area contributed by atoms with Gasteiger partial charge >= 0.3 is 0 Å². The molecule has 0 heterocycles. The highest BCUT2D eigenvalue weighted by Crippen LogP contribution is 2.39. The maximum atomic E-state index is 11.6. The second-order valence-electron chi connectivity index (χ2n) is 5.58. The topological polar surface area (TPSA) is 129 Å². The van der Waals surface area contributed by atoms with Gasteiger partial charge in [0.2, 0.25) is 0 Å². The Bertz CT molecular complexity index is 322. The molecule has 0 amide bonds. The molecule has 0 saturated heterocycles. The van der Waals surface area contributed by atoms with Gasteiger partial charge in [-0.05, 0) is 0 Å². The Morgan fingerprint density at radius 3 is 2.29 bits per heavy atom. The number of aliphatic hydroxyl groups excluding tert-OH is 3. The molecule has 9 nitrogen and oxygen atoms in total. The lowest BCUT2D eigenvalue weighted by atomic mass is 10.4. The zero-order valence-corrected chi connectivity index (χ0v) is 13.6. The van der Waals surface area contributed by atoms with E-state index < -0.39 is 33.2 Å². The Labute approximate surface area is 124 Å². The Morgan fingerprint density at radius 1 is 1.19 bits per heavy atom. The highest BCUT2D eigenvalue weighted by Gasteiger charge is 2.19. The summed E-state index contributed by atoms with van der Waals surface area (Å²) in [5.74, 6) is 0. The molecule has 21 heavy (non-hydrogen) atoms. The van der Waals surface area contributed by atoms with Crippen LogP contribution in [-0.2, 0) is 18.3 Å². The molecule has 0 radical (unpaired) electrons. The third kappa shape index (κ3) is 12.2. The Kier molecular flexibility index (Phi) is 9.79. The first kappa shape index (κ1) is 20.9. The highest BCUT2D eigenvalue weighted by molar-refractivity contribution is 7.45. The number of ether oxygens (including phenoxy) is 1. The number of aliphatic hydroxyl groups is 3. The van der Waals surface area contributed by atoms with Crippen molar-refractivity contribution in [3.63, 3.8) is 0 Å². The predicted octanol–water partition coefficient (Wildman–Crippen LogP) is -2.08. The molecule has 0 spiro atoms. The molecule has 128 valence electrons. The van der Waals surface area contributed by atoms with Crippen molar-refractivity contribution in [3.8, 4) is 0 Å². The molecule has 0 rings (SSSR count). The molecule has 0 aromatic rings. The standard InChI is InChI=1S/C11H26NO8P/c1-12(2,3)4-5-19-21(16,17)20-11(7-14)9-18-8-10(15)6-13/h10-11,13-15H,4-9H2,1-3H3. The monoisotopic (exact) mass is 331 g/mol. The first-order chi connectivity index (χ1) is 9.59. The lowest BCUT2D eigenvalue weighted by Gasteiger charge is -2.29. The summed E-state index contributed by atoms with van der Waals surface area (Å²) in [5, 5.41) is 26.7. The Morgan fingerprint density at radius 2 is 1.81 bits per heavy atom. The fourth-order valence-electron chi connectivity index (χ4n) is 1.14. The molecule has 3 N–H and O–H groups in total. The van der Waals surface area contributed by atoms with E-state index >= 15 is 0 Å². The lowest BCUT2D eigenvalue weighted by Crippen LogP contribution is -2.38. The largest absolute Gasteiger partial charge is 0.756 e. The van der Waals surface area contributed by atoms with E-state index in [9.17, 15) is 9.46 Å². The van der Waals surface area contributed by atoms with Crippen molar-refractivity contribution in [1.82, 2.24) is 0 Å². The fourth-order valence-corrected chi connectivity index (χ4v) is 2.00. The highest BCUT2D eigenvalue weighted by atomic mass is 31.2. The summed E-state index contributed by atoms with van der Waals surface area (Å²) in [7, 11) is 1.12. The van der Waals surface area contributed by atoms with Crippen LogP contribution in [0.3, 0.4) is 0 Å². The molecule has 3 unspecified atom stereocenters. The molecule has 0 aliphatic carbocycles. The quantitative estimate of drug-likeness (QED) is 0.275. The zero-order chi connectivity index (χ0) is 16.5. The molecule has 0 aliphatic heterocycles. The van der Waals surface area contributed by atoms with Crippen LogP contribution in [0.15, 0.2) is 0 Å². The SMILES string of the molecule is C[N+](C)(C)CCOP(=O)([O-])OC(CO)COCC(O)CO. The Hall–Kier alpha value is -0.0900. The normalized spacial score (nSPS) is 18.2. The molecule has 0 fully saturated rings. The van der Waals surface area contributed by atoms with Gasteiger partial charge in [-0.1, -0.05) is 0 Å². The molecule has 3 atom stereocenters. The molecular formula is C11H26NO8P. The van der Waals surface area contributed by atoms with Gasteiger partial charge < -0.3 is 38.5 Å². The molecule has 0 aliphatic rings. The molecule has 10 heteroatoms. The van der Waals surface area contributed by atoms with Crippen molar-refractivity contribution in [2.24, 2.45) is 0 Å². The fraction of sp³-hybridized carbons (Fsp3) is 1.00. The van der Waals surface area contributed by atoms with Gasteiger partial charge in [-0.3, -0.25) is 4.57 Å². The summed E-state index contributed by atoms with van der Waals surface area (Å²) in [5.41, 5.74) is 0. The third-order valence-corrected chi connectivity index (χ3v) is 3.37. The van der Waals surface area contributed by atoms with Crippen LogP contribution in [-0.4, -0.2) is 92.7 Å². The molecule has 0 bridgehead atoms. The van der Waals surface area contributed by atoms with E-state index in [1.807, 2.05) is 21.1 Å². The summed E-state index contributed by atoms with van der Waals surface area (Å²) < 4.78 is 26.4. The first-order valence-corrected chi connectivity index (χ1v) is 7.97. The summed E-state index contributed by atoms with van der Waals surface area (Å²) in [6.07, 6.45) is -2.19. The van der Waals surface area contributed by atoms with Gasteiger partial charge in [0.05, 0.1) is 47.6 Å². The molecule has 0 saturated carbocycles. The minimum absolute atomic E-state index is 0.0352. The van der Waals surface area contributed by atoms with Crippen LogP contribution in [0, 0.1) is 0 Å². The van der Waals surface area contributed by atoms with Gasteiger partial charge in [-0.15, -0.1) is 0 Å². The van der Waals surface area contributed by atoms with Crippen LogP contribution in [0.4, 0.5) is 0 Å². The number of nitrogens with zero attached hydrogens (tertiary/aromatic N) is 1. The minimum Gasteiger partial charge on any atom is -0.756 e. The van der Waals surface area contributed by atoms with Gasteiger partial charge in [-0.25, -0.2) is 0 Å². The molecular weight excluding hydrogens is 305 g/mol. The van der Waals surface area contributed by atoms with Crippen LogP contribution in [0.25, 0.3) is 0 Å². The lowest BCUT2D eigenvalue weighted by molar-refractivity contribution is -0.870. The van der Waals surface area contributed by atoms with E-state index in [4.69, 9.17) is 24.6 Å². The van der Waals surface area contributed by atoms with Crippen molar-refractivity contribution < 1.29 is 43.0 Å². The van der Waals surface area contributed by atoms with E-state index in [0.717, 1.165) is 0 Å². The van der Waals surface area contributed by atoms with E-state index in [-0.39, 0.29) is 19.8 Å². The van der Waals surface area contributed by atoms with Crippen LogP contribution in [0.5, 0.6) is 0 Å². The maximum Gasteiger partial charge on any atom is 0.268 e. The predicted molar refractivity (Wildman–Crippen MR) is 72.3 cm³/mol. The summed E-state index contributed by atoms with van der Waals surface area (Å²) in [6, 6.07) is 0. The van der Waals surface area contributed by atoms with Gasteiger partial charge in [0.15, 0.2) is 0 Å². The van der Waals surface area contributed by atoms with E-state index in [1.165, 1.54) is 0 Å². The van der Waals surface area contributed by atoms with E-state index in [0.29, 0.717) is 11.0 Å². The number of phosphoric ester groups is 1. The van der Waals surface area contributed by atoms with E-state index in [1.54, 1.807) is 0 Å². The van der Waals surface area contributed by atoms with Gasteiger partial charge in [0.25, 0.3) is 7.82 Å². The summed E-state index contributed by atoms with van der Waals surface area (Å²) >= 11 is 0. The second-order valence-corrected chi connectivity index (χ2v) is 6.94. The Balaban J connectivity index is 4.10. The van der Waals surface area contributed by atoms with Gasteiger partial charge in [0, 0.05) is 0 Å². The number of likely N-dealkylation sites (N-methyl/N-ethyl adjacent to an activating group) is 1. The third-order valence-electron chi connectivity index (χ3n) is 2.32. The van der Waals surface area contributed by atoms with Crippen molar-refractivity contribution in [2.75, 3.05) is 60.7 Å². The van der Waals surface area contributed by atoms with Gasteiger partial charge in [-0.2, -0.15) is 0 Å². The van der Waals surface area contributed by atoms with Gasteiger partial charge in [0.1, 0.15) is 25.4 Å². The van der Waals surface area contributed by atoms with Crippen LogP contribution in [0.1, 0.15) is 0 Å². The second kappa shape index (κ2) is 9.83. The smallest absolute Gasteiger partial charge is 0.268 e. The summed E-state index contributed by atoms with van der Waals surface area (Å²) in [4.78, 5) is 11.6. The molecule has 0 aromatic heterocycles. The van der Waals surface area contributed by atoms with Crippen LogP contribution in [0.2, 0.25) is 0 Å². The van der Waals surface area contributed by atoms with E-state index in [2.05, 4.69) is 4.52 Å². The van der Waals surface area contributed by atoms with Crippen molar-refractivity contribution in [3.05, 3.63) is 0 Å². The molecule has 0 aromatic carbocycles. The van der Waals surface area contributed by atoms with Crippen molar-refractivity contribution in [1.29, 1.82) is 0 Å². The first-order valence-electron chi connectivity index (χ1n) is 6.51.